The van der Waals surface area contributed by atoms with Crippen LogP contribution in [0.1, 0.15) is 201 Å². The molecule has 1 amide bonds. The molecule has 0 aromatic carbocycles. The Hall–Kier alpha value is -1.55. The fourth-order valence-corrected chi connectivity index (χ4v) is 6.18. The first-order valence-corrected chi connectivity index (χ1v) is 21.1. The van der Waals surface area contributed by atoms with Gasteiger partial charge in [0.2, 0.25) is 0 Å². The van der Waals surface area contributed by atoms with E-state index in [1.54, 1.807) is 0 Å². The van der Waals surface area contributed by atoms with E-state index in [1.165, 1.54) is 148 Å². The summed E-state index contributed by atoms with van der Waals surface area (Å²) in [6, 6.07) is 0. The van der Waals surface area contributed by atoms with Crippen LogP contribution in [-0.2, 0) is 4.74 Å². The molecular formula is C44H84N2O2. The Morgan fingerprint density at radius 3 is 1.46 bits per heavy atom. The van der Waals surface area contributed by atoms with Crippen LogP contribution in [0.15, 0.2) is 36.5 Å². The monoisotopic (exact) mass is 673 g/mol. The minimum atomic E-state index is -0.0637. The summed E-state index contributed by atoms with van der Waals surface area (Å²) in [4.78, 5) is 17.7. The van der Waals surface area contributed by atoms with Crippen molar-refractivity contribution < 1.29 is 9.53 Å². The minimum Gasteiger partial charge on any atom is -0.446 e. The van der Waals surface area contributed by atoms with Gasteiger partial charge in [0.15, 0.2) is 0 Å². The molecule has 0 radical (unpaired) electrons. The molecule has 0 aromatic rings. The highest BCUT2D eigenvalue weighted by molar-refractivity contribution is 5.67. The van der Waals surface area contributed by atoms with E-state index >= 15 is 0 Å². The predicted octanol–water partition coefficient (Wildman–Crippen LogP) is 14.0. The molecule has 0 fully saturated rings. The van der Waals surface area contributed by atoms with Crippen LogP contribution in [0.2, 0.25) is 0 Å². The molecule has 4 nitrogen and oxygen atoms in total. The van der Waals surface area contributed by atoms with Gasteiger partial charge in [-0.2, -0.15) is 0 Å². The highest BCUT2D eigenvalue weighted by Gasteiger charge is 2.20. The van der Waals surface area contributed by atoms with Crippen molar-refractivity contribution in [2.24, 2.45) is 0 Å². The Labute approximate surface area is 301 Å². The van der Waals surface area contributed by atoms with E-state index in [4.69, 9.17) is 4.74 Å². The second kappa shape index (κ2) is 38.3. The van der Waals surface area contributed by atoms with Gasteiger partial charge >= 0.3 is 6.09 Å². The van der Waals surface area contributed by atoms with Crippen molar-refractivity contribution in [1.82, 2.24) is 9.80 Å². The van der Waals surface area contributed by atoms with E-state index in [0.717, 1.165) is 51.7 Å². The van der Waals surface area contributed by atoms with Gasteiger partial charge in [-0.05, 0) is 111 Å². The first-order valence-electron chi connectivity index (χ1n) is 21.1. The molecule has 0 bridgehead atoms. The first-order chi connectivity index (χ1) is 23.5. The van der Waals surface area contributed by atoms with Crippen LogP contribution in [0.25, 0.3) is 0 Å². The van der Waals surface area contributed by atoms with E-state index in [1.807, 2.05) is 4.90 Å². The SMILES string of the molecule is CCC/C=C\CCCCCCCC(CCCCCCCCC/C=C\C/C=C\CCCCC)OC(=O)N(CCCCCC)CCCN(C)C. The lowest BCUT2D eigenvalue weighted by Gasteiger charge is -2.26. The summed E-state index contributed by atoms with van der Waals surface area (Å²) in [5, 5.41) is 0. The van der Waals surface area contributed by atoms with Gasteiger partial charge in [-0.25, -0.2) is 4.79 Å². The fraction of sp³-hybridized carbons (Fsp3) is 0.841. The van der Waals surface area contributed by atoms with E-state index in [2.05, 4.69) is 76.2 Å². The summed E-state index contributed by atoms with van der Waals surface area (Å²) < 4.78 is 6.29. The normalized spacial score (nSPS) is 12.7. The second-order valence-corrected chi connectivity index (χ2v) is 14.5. The lowest BCUT2D eigenvalue weighted by Crippen LogP contribution is -2.37. The van der Waals surface area contributed by atoms with Crippen LogP contribution in [-0.4, -0.2) is 55.7 Å². The maximum atomic E-state index is 13.4. The molecule has 0 spiro atoms. The molecule has 0 N–H and O–H groups in total. The van der Waals surface area contributed by atoms with Crippen molar-refractivity contribution in [3.05, 3.63) is 36.5 Å². The predicted molar refractivity (Wildman–Crippen MR) is 214 cm³/mol. The van der Waals surface area contributed by atoms with E-state index < -0.39 is 0 Å². The van der Waals surface area contributed by atoms with Gasteiger partial charge in [0.05, 0.1) is 0 Å². The quantitative estimate of drug-likeness (QED) is 0.0490. The summed E-state index contributed by atoms with van der Waals surface area (Å²) in [5.74, 6) is 0. The van der Waals surface area contributed by atoms with Crippen LogP contribution < -0.4 is 0 Å². The summed E-state index contributed by atoms with van der Waals surface area (Å²) in [6.07, 6.45) is 48.5. The Balaban J connectivity index is 4.53. The number of carbonyl (C=O) groups excluding carboxylic acids is 1. The number of carbonyl (C=O) groups is 1. The Kier molecular flexibility index (Phi) is 37.0. The van der Waals surface area contributed by atoms with Crippen molar-refractivity contribution in [3.8, 4) is 0 Å². The van der Waals surface area contributed by atoms with Gasteiger partial charge in [0, 0.05) is 13.1 Å². The summed E-state index contributed by atoms with van der Waals surface area (Å²) in [7, 11) is 4.22. The molecule has 48 heavy (non-hydrogen) atoms. The Bertz CT molecular complexity index is 744. The average molecular weight is 673 g/mol. The van der Waals surface area contributed by atoms with Gasteiger partial charge < -0.3 is 14.5 Å². The van der Waals surface area contributed by atoms with Crippen LogP contribution in [0, 0.1) is 0 Å². The third-order valence-corrected chi connectivity index (χ3v) is 9.34. The van der Waals surface area contributed by atoms with E-state index in [-0.39, 0.29) is 12.2 Å². The zero-order chi connectivity index (χ0) is 35.2. The van der Waals surface area contributed by atoms with Crippen molar-refractivity contribution in [3.63, 3.8) is 0 Å². The van der Waals surface area contributed by atoms with E-state index in [9.17, 15) is 4.79 Å². The molecule has 0 aliphatic carbocycles. The standard InChI is InChI=1S/C44H84N2O2/c1-6-9-12-15-17-19-21-22-23-24-25-26-27-29-31-33-35-39-43(38-34-32-30-28-20-18-16-13-10-7-2)48-44(47)46(41-36-14-11-8-3)42-37-40-45(4)5/h13,16-17,19,22-23,43H,6-12,14-15,18,20-21,24-42H2,1-5H3/b16-13-,19-17-,23-22-. The molecule has 1 atom stereocenters. The maximum absolute atomic E-state index is 13.4. The summed E-state index contributed by atoms with van der Waals surface area (Å²) in [5.41, 5.74) is 0. The average Bonchev–Trinajstić information content (AvgIpc) is 3.07. The van der Waals surface area contributed by atoms with Crippen molar-refractivity contribution in [2.75, 3.05) is 33.7 Å². The molecule has 0 saturated heterocycles. The molecule has 0 aliphatic rings. The van der Waals surface area contributed by atoms with Gasteiger partial charge in [0.25, 0.3) is 0 Å². The molecule has 4 heteroatoms. The van der Waals surface area contributed by atoms with Crippen molar-refractivity contribution in [1.29, 1.82) is 0 Å². The molecule has 0 heterocycles. The number of nitrogens with zero attached hydrogens (tertiary/aromatic N) is 2. The molecule has 1 unspecified atom stereocenters. The zero-order valence-electron chi connectivity index (χ0n) is 33.2. The van der Waals surface area contributed by atoms with Gasteiger partial charge in [-0.1, -0.05) is 147 Å². The third-order valence-electron chi connectivity index (χ3n) is 9.34. The maximum Gasteiger partial charge on any atom is 0.410 e. The van der Waals surface area contributed by atoms with Crippen molar-refractivity contribution >= 4 is 6.09 Å². The first kappa shape index (κ1) is 46.5. The van der Waals surface area contributed by atoms with Crippen LogP contribution in [0.5, 0.6) is 0 Å². The lowest BCUT2D eigenvalue weighted by atomic mass is 10.0. The number of rotatable bonds is 36. The minimum absolute atomic E-state index is 0.0637. The number of hydrogen-bond donors (Lipinski definition) is 0. The Morgan fingerprint density at radius 2 is 0.917 bits per heavy atom. The highest BCUT2D eigenvalue weighted by Crippen LogP contribution is 2.19. The smallest absolute Gasteiger partial charge is 0.410 e. The second-order valence-electron chi connectivity index (χ2n) is 14.5. The molecule has 0 saturated carbocycles. The van der Waals surface area contributed by atoms with Gasteiger partial charge in [-0.15, -0.1) is 0 Å². The molecule has 0 aliphatic heterocycles. The van der Waals surface area contributed by atoms with Gasteiger partial charge in [-0.3, -0.25) is 0 Å². The topological polar surface area (TPSA) is 32.8 Å². The van der Waals surface area contributed by atoms with Crippen LogP contribution in [0.3, 0.4) is 0 Å². The van der Waals surface area contributed by atoms with E-state index in [0.29, 0.717) is 0 Å². The number of amides is 1. The molecule has 0 aromatic heterocycles. The third kappa shape index (κ3) is 34.3. The fourth-order valence-electron chi connectivity index (χ4n) is 6.18. The summed E-state index contributed by atoms with van der Waals surface area (Å²) in [6.45, 7) is 9.38. The van der Waals surface area contributed by atoms with Crippen LogP contribution in [0.4, 0.5) is 4.79 Å². The zero-order valence-corrected chi connectivity index (χ0v) is 33.2. The highest BCUT2D eigenvalue weighted by atomic mass is 16.6. The number of allylic oxidation sites excluding steroid dienone is 6. The largest absolute Gasteiger partial charge is 0.446 e. The lowest BCUT2D eigenvalue weighted by molar-refractivity contribution is 0.0513. The Morgan fingerprint density at radius 1 is 0.479 bits per heavy atom. The molecule has 0 rings (SSSR count). The molecular weight excluding hydrogens is 588 g/mol. The number of ether oxygens (including phenoxy) is 1. The van der Waals surface area contributed by atoms with Crippen LogP contribution >= 0.6 is 0 Å². The number of hydrogen-bond acceptors (Lipinski definition) is 3. The number of unbranched alkanes of at least 4 members (excludes halogenated alkanes) is 19. The van der Waals surface area contributed by atoms with Crippen molar-refractivity contribution in [2.45, 2.75) is 207 Å². The summed E-state index contributed by atoms with van der Waals surface area (Å²) >= 11 is 0. The molecule has 282 valence electrons. The van der Waals surface area contributed by atoms with Gasteiger partial charge in [0.1, 0.15) is 6.10 Å².